The van der Waals surface area contributed by atoms with E-state index >= 15 is 0 Å². The Balaban J connectivity index is 1.79. The first-order valence-electron chi connectivity index (χ1n) is 9.30. The van der Waals surface area contributed by atoms with Gasteiger partial charge in [0.15, 0.2) is 5.75 Å². The van der Waals surface area contributed by atoms with Crippen LogP contribution in [-0.4, -0.2) is 38.0 Å². The molecule has 1 aliphatic rings. The summed E-state index contributed by atoms with van der Waals surface area (Å²) in [6, 6.07) is 9.76. The van der Waals surface area contributed by atoms with E-state index in [0.29, 0.717) is 13.0 Å². The minimum Gasteiger partial charge on any atom is -0.488 e. The Kier molecular flexibility index (Phi) is 3.91. The fourth-order valence-corrected chi connectivity index (χ4v) is 4.06. The van der Waals surface area contributed by atoms with Crippen molar-refractivity contribution >= 4 is 11.0 Å². The molecule has 4 heterocycles. The summed E-state index contributed by atoms with van der Waals surface area (Å²) < 4.78 is 13.8. The molecule has 0 unspecified atom stereocenters. The van der Waals surface area contributed by atoms with Crippen molar-refractivity contribution in [1.82, 2.24) is 19.7 Å². The van der Waals surface area contributed by atoms with Crippen molar-refractivity contribution in [1.29, 1.82) is 0 Å². The summed E-state index contributed by atoms with van der Waals surface area (Å²) in [6.45, 7) is 4.30. The Morgan fingerprint density at radius 3 is 2.82 bits per heavy atom. The van der Waals surface area contributed by atoms with E-state index < -0.39 is 0 Å². The fraction of sp³-hybridized carbons (Fsp3) is 0.286. The predicted molar refractivity (Wildman–Crippen MR) is 103 cm³/mol. The van der Waals surface area contributed by atoms with Gasteiger partial charge in [-0.05, 0) is 38.1 Å². The Labute approximate surface area is 161 Å². The highest BCUT2D eigenvalue weighted by molar-refractivity contribution is 5.92. The fourth-order valence-electron chi connectivity index (χ4n) is 4.06. The molecule has 3 aromatic heterocycles. The average Bonchev–Trinajstić information content (AvgIpc) is 3.25. The molecule has 28 heavy (non-hydrogen) atoms. The highest BCUT2D eigenvalue weighted by atomic mass is 16.5. The summed E-state index contributed by atoms with van der Waals surface area (Å²) in [5.74, 6) is 2.36. The molecule has 1 aliphatic heterocycles. The molecule has 0 amide bonds. The van der Waals surface area contributed by atoms with Crippen molar-refractivity contribution in [2.45, 2.75) is 26.3 Å². The number of hydrogen-bond donors (Lipinski definition) is 1. The molecule has 0 saturated carbocycles. The second kappa shape index (κ2) is 6.45. The van der Waals surface area contributed by atoms with Crippen LogP contribution in [0.3, 0.4) is 0 Å². The van der Waals surface area contributed by atoms with Crippen molar-refractivity contribution in [2.75, 3.05) is 13.2 Å². The van der Waals surface area contributed by atoms with Crippen LogP contribution in [-0.2, 0) is 6.42 Å². The lowest BCUT2D eigenvalue weighted by atomic mass is 10.0. The first-order chi connectivity index (χ1) is 13.7. The molecule has 5 rings (SSSR count). The van der Waals surface area contributed by atoms with E-state index in [4.69, 9.17) is 14.2 Å². The minimum absolute atomic E-state index is 0.0329. The van der Waals surface area contributed by atoms with Gasteiger partial charge in [0.2, 0.25) is 0 Å². The number of ether oxygens (including phenoxy) is 1. The maximum Gasteiger partial charge on any atom is 0.153 e. The largest absolute Gasteiger partial charge is 0.488 e. The van der Waals surface area contributed by atoms with Gasteiger partial charge in [0.25, 0.3) is 0 Å². The Hall–Kier alpha value is -3.19. The number of imidazole rings is 1. The molecule has 7 heteroatoms. The van der Waals surface area contributed by atoms with Gasteiger partial charge in [0.1, 0.15) is 29.8 Å². The molecule has 1 atom stereocenters. The SMILES string of the molecule is Cc1noc(C)c1-c1ccc2nc(CCO)n3c2c1OC[C@@H]3c1ccccn1. The third-order valence-electron chi connectivity index (χ3n) is 5.24. The third kappa shape index (κ3) is 2.43. The molecule has 0 fully saturated rings. The lowest BCUT2D eigenvalue weighted by Crippen LogP contribution is -2.26. The van der Waals surface area contributed by atoms with Crippen LogP contribution < -0.4 is 4.74 Å². The molecular weight excluding hydrogens is 356 g/mol. The van der Waals surface area contributed by atoms with E-state index in [2.05, 4.69) is 14.7 Å². The zero-order valence-electron chi connectivity index (χ0n) is 15.7. The van der Waals surface area contributed by atoms with Gasteiger partial charge in [0.05, 0.1) is 29.1 Å². The monoisotopic (exact) mass is 376 g/mol. The topological polar surface area (TPSA) is 86.2 Å². The Morgan fingerprint density at radius 2 is 2.11 bits per heavy atom. The van der Waals surface area contributed by atoms with Crippen LogP contribution in [0.5, 0.6) is 5.75 Å². The number of aliphatic hydroxyl groups excluding tert-OH is 1. The van der Waals surface area contributed by atoms with Crippen LogP contribution in [0.2, 0.25) is 0 Å². The van der Waals surface area contributed by atoms with Crippen LogP contribution in [0, 0.1) is 13.8 Å². The van der Waals surface area contributed by atoms with E-state index in [-0.39, 0.29) is 12.6 Å². The number of aromatic nitrogens is 4. The van der Waals surface area contributed by atoms with Gasteiger partial charge >= 0.3 is 0 Å². The van der Waals surface area contributed by atoms with Crippen molar-refractivity contribution < 1.29 is 14.4 Å². The molecule has 0 radical (unpaired) electrons. The van der Waals surface area contributed by atoms with E-state index in [9.17, 15) is 5.11 Å². The van der Waals surface area contributed by atoms with Gasteiger partial charge in [-0.2, -0.15) is 0 Å². The summed E-state index contributed by atoms with van der Waals surface area (Å²) in [4.78, 5) is 9.30. The van der Waals surface area contributed by atoms with Gasteiger partial charge in [-0.1, -0.05) is 11.2 Å². The Bertz CT molecular complexity index is 1140. The second-order valence-corrected chi connectivity index (χ2v) is 6.96. The summed E-state index contributed by atoms with van der Waals surface area (Å²) in [5.41, 5.74) is 5.39. The van der Waals surface area contributed by atoms with E-state index in [0.717, 1.165) is 50.9 Å². The summed E-state index contributed by atoms with van der Waals surface area (Å²) >= 11 is 0. The highest BCUT2D eigenvalue weighted by Crippen LogP contribution is 2.44. The van der Waals surface area contributed by atoms with Crippen LogP contribution in [0.4, 0.5) is 0 Å². The number of rotatable bonds is 4. The van der Waals surface area contributed by atoms with Crippen LogP contribution in [0.1, 0.15) is 29.0 Å². The molecule has 0 bridgehead atoms. The molecule has 142 valence electrons. The zero-order valence-corrected chi connectivity index (χ0v) is 15.7. The van der Waals surface area contributed by atoms with Gasteiger partial charge in [-0.15, -0.1) is 0 Å². The van der Waals surface area contributed by atoms with Crippen molar-refractivity contribution in [2.24, 2.45) is 0 Å². The van der Waals surface area contributed by atoms with Crippen molar-refractivity contribution in [3.63, 3.8) is 0 Å². The van der Waals surface area contributed by atoms with E-state index in [1.165, 1.54) is 0 Å². The quantitative estimate of drug-likeness (QED) is 0.589. The summed E-state index contributed by atoms with van der Waals surface area (Å²) in [5, 5.41) is 13.7. The smallest absolute Gasteiger partial charge is 0.153 e. The maximum atomic E-state index is 9.57. The minimum atomic E-state index is -0.0971. The summed E-state index contributed by atoms with van der Waals surface area (Å²) in [7, 11) is 0. The first-order valence-corrected chi connectivity index (χ1v) is 9.30. The normalized spacial score (nSPS) is 15.8. The predicted octanol–water partition coefficient (Wildman–Crippen LogP) is 3.22. The molecule has 0 aliphatic carbocycles. The number of nitrogens with zero attached hydrogens (tertiary/aromatic N) is 4. The zero-order chi connectivity index (χ0) is 19.3. The molecule has 1 N–H and O–H groups in total. The highest BCUT2D eigenvalue weighted by Gasteiger charge is 2.31. The van der Waals surface area contributed by atoms with Gasteiger partial charge in [-0.3, -0.25) is 4.98 Å². The number of pyridine rings is 1. The van der Waals surface area contributed by atoms with Gasteiger partial charge in [0, 0.05) is 18.2 Å². The van der Waals surface area contributed by atoms with Crippen LogP contribution in [0.25, 0.3) is 22.2 Å². The number of benzene rings is 1. The first kappa shape index (κ1) is 16.9. The summed E-state index contributed by atoms with van der Waals surface area (Å²) in [6.07, 6.45) is 2.25. The standard InChI is InChI=1S/C21H20N4O3/c1-12-19(13(2)28-24-12)14-6-7-16-20-21(14)27-11-17(15-5-3-4-9-22-15)25(20)18(23-16)8-10-26/h3-7,9,17,26H,8,10-11H2,1-2H3/t17-/m1/s1. The van der Waals surface area contributed by atoms with E-state index in [1.54, 1.807) is 6.20 Å². The van der Waals surface area contributed by atoms with E-state index in [1.807, 2.05) is 44.2 Å². The number of aliphatic hydroxyl groups is 1. The van der Waals surface area contributed by atoms with Gasteiger partial charge in [-0.25, -0.2) is 4.98 Å². The van der Waals surface area contributed by atoms with Crippen LogP contribution in [0.15, 0.2) is 41.1 Å². The van der Waals surface area contributed by atoms with Crippen molar-refractivity contribution in [3.8, 4) is 16.9 Å². The number of aryl methyl sites for hydroxylation is 2. The van der Waals surface area contributed by atoms with Gasteiger partial charge < -0.3 is 18.9 Å². The molecule has 1 aromatic carbocycles. The molecular formula is C21H20N4O3. The molecule has 7 nitrogen and oxygen atoms in total. The lowest BCUT2D eigenvalue weighted by Gasteiger charge is -2.28. The number of hydrogen-bond acceptors (Lipinski definition) is 6. The maximum absolute atomic E-state index is 9.57. The second-order valence-electron chi connectivity index (χ2n) is 6.96. The molecule has 0 saturated heterocycles. The molecule has 0 spiro atoms. The lowest BCUT2D eigenvalue weighted by molar-refractivity contribution is 0.249. The third-order valence-corrected chi connectivity index (χ3v) is 5.24. The van der Waals surface area contributed by atoms with Crippen LogP contribution >= 0.6 is 0 Å². The average molecular weight is 376 g/mol. The van der Waals surface area contributed by atoms with Crippen molar-refractivity contribution in [3.05, 3.63) is 59.5 Å². The molecule has 4 aromatic rings. The Morgan fingerprint density at radius 1 is 1.21 bits per heavy atom.